The summed E-state index contributed by atoms with van der Waals surface area (Å²) < 4.78 is 5.97. The van der Waals surface area contributed by atoms with E-state index in [1.165, 1.54) is 6.07 Å². The van der Waals surface area contributed by atoms with Gasteiger partial charge >= 0.3 is 0 Å². The highest BCUT2D eigenvalue weighted by molar-refractivity contribution is 6.01. The van der Waals surface area contributed by atoms with Gasteiger partial charge in [-0.1, -0.05) is 30.3 Å². The van der Waals surface area contributed by atoms with Crippen molar-refractivity contribution in [3.05, 3.63) is 69.3 Å². The molecule has 0 aromatic heterocycles. The summed E-state index contributed by atoms with van der Waals surface area (Å²) in [5.41, 5.74) is 7.35. The van der Waals surface area contributed by atoms with Crippen LogP contribution in [0.15, 0.2) is 42.5 Å². The minimum absolute atomic E-state index is 0.0963. The third-order valence-corrected chi connectivity index (χ3v) is 4.45. The van der Waals surface area contributed by atoms with Crippen molar-refractivity contribution in [3.8, 4) is 0 Å². The zero-order chi connectivity index (χ0) is 18.8. The molecular weight excluding hydrogens is 334 g/mol. The first-order valence-corrected chi connectivity index (χ1v) is 8.41. The Hall–Kier alpha value is -2.93. The van der Waals surface area contributed by atoms with Crippen LogP contribution in [0.25, 0.3) is 0 Å². The van der Waals surface area contributed by atoms with Crippen molar-refractivity contribution >= 4 is 17.3 Å². The summed E-state index contributed by atoms with van der Waals surface area (Å²) in [6.45, 7) is 4.38. The molecule has 26 heavy (non-hydrogen) atoms. The molecule has 1 heterocycles. The first kappa shape index (κ1) is 17.9. The molecule has 0 radical (unpaired) electrons. The molecule has 2 atom stereocenters. The van der Waals surface area contributed by atoms with Gasteiger partial charge in [-0.3, -0.25) is 14.9 Å². The van der Waals surface area contributed by atoms with Crippen molar-refractivity contribution in [2.45, 2.75) is 26.1 Å². The summed E-state index contributed by atoms with van der Waals surface area (Å²) in [4.78, 5) is 25.3. The van der Waals surface area contributed by atoms with Crippen molar-refractivity contribution in [2.75, 3.05) is 18.8 Å². The molecule has 1 fully saturated rings. The van der Waals surface area contributed by atoms with Crippen LogP contribution in [0.3, 0.4) is 0 Å². The van der Waals surface area contributed by atoms with Crippen LogP contribution < -0.4 is 5.73 Å². The Morgan fingerprint density at radius 3 is 2.62 bits per heavy atom. The lowest BCUT2D eigenvalue weighted by Crippen LogP contribution is -2.46. The topological polar surface area (TPSA) is 98.7 Å². The van der Waals surface area contributed by atoms with E-state index in [0.29, 0.717) is 18.7 Å². The molecular formula is C19H21N3O4. The third-order valence-electron chi connectivity index (χ3n) is 4.45. The average Bonchev–Trinajstić information content (AvgIpc) is 2.62. The van der Waals surface area contributed by atoms with Gasteiger partial charge in [0.05, 0.1) is 23.1 Å². The highest BCUT2D eigenvalue weighted by atomic mass is 16.6. The molecule has 1 amide bonds. The number of carbonyl (C=O) groups excluding carboxylic acids is 1. The molecule has 1 saturated heterocycles. The van der Waals surface area contributed by atoms with Gasteiger partial charge in [0.1, 0.15) is 11.8 Å². The predicted octanol–water partition coefficient (Wildman–Crippen LogP) is 3.09. The van der Waals surface area contributed by atoms with Gasteiger partial charge in [0.15, 0.2) is 0 Å². The van der Waals surface area contributed by atoms with E-state index in [-0.39, 0.29) is 35.1 Å². The van der Waals surface area contributed by atoms with Crippen molar-refractivity contribution in [2.24, 2.45) is 0 Å². The number of anilines is 1. The minimum Gasteiger partial charge on any atom is -0.393 e. The van der Waals surface area contributed by atoms with Crippen LogP contribution in [-0.2, 0) is 4.74 Å². The minimum atomic E-state index is -0.562. The number of nitrogens with two attached hydrogens (primary N) is 1. The van der Waals surface area contributed by atoms with Gasteiger partial charge in [0, 0.05) is 12.6 Å². The van der Waals surface area contributed by atoms with E-state index in [4.69, 9.17) is 10.5 Å². The fourth-order valence-electron chi connectivity index (χ4n) is 3.25. The Kier molecular flexibility index (Phi) is 4.90. The normalized spacial score (nSPS) is 20.0. The second kappa shape index (κ2) is 7.13. The second-order valence-corrected chi connectivity index (χ2v) is 6.56. The van der Waals surface area contributed by atoms with Crippen LogP contribution in [0.1, 0.15) is 34.5 Å². The number of carbonyl (C=O) groups is 1. The number of hydrogen-bond donors (Lipinski definition) is 1. The molecule has 2 N–H and O–H groups in total. The van der Waals surface area contributed by atoms with Gasteiger partial charge in [-0.15, -0.1) is 0 Å². The van der Waals surface area contributed by atoms with Crippen LogP contribution in [-0.4, -0.2) is 34.9 Å². The fourth-order valence-corrected chi connectivity index (χ4v) is 3.25. The number of nitrogens with zero attached hydrogens (tertiary/aromatic N) is 2. The van der Waals surface area contributed by atoms with Crippen LogP contribution in [0.4, 0.5) is 11.4 Å². The molecule has 0 saturated carbocycles. The largest absolute Gasteiger partial charge is 0.393 e. The standard InChI is InChI=1S/C19H21N3O4/c1-12-8-15(18(20)16(9-12)22(24)25)19(23)21-10-13(2)26-17(11-21)14-6-4-3-5-7-14/h3-9,13,17H,10-11,20H2,1-2H3/t13-,17-/m0/s1. The predicted molar refractivity (Wildman–Crippen MR) is 97.9 cm³/mol. The van der Waals surface area contributed by atoms with Gasteiger partial charge in [0.25, 0.3) is 11.6 Å². The maximum atomic E-state index is 13.0. The monoisotopic (exact) mass is 355 g/mol. The summed E-state index contributed by atoms with van der Waals surface area (Å²) in [7, 11) is 0. The van der Waals surface area contributed by atoms with Crippen LogP contribution >= 0.6 is 0 Å². The lowest BCUT2D eigenvalue weighted by atomic mass is 10.0. The number of rotatable bonds is 3. The van der Waals surface area contributed by atoms with E-state index in [1.807, 2.05) is 37.3 Å². The number of hydrogen-bond acceptors (Lipinski definition) is 5. The summed E-state index contributed by atoms with van der Waals surface area (Å²) in [5.74, 6) is -0.314. The van der Waals surface area contributed by atoms with Gasteiger partial charge in [-0.2, -0.15) is 0 Å². The molecule has 2 aromatic rings. The first-order valence-electron chi connectivity index (χ1n) is 8.41. The highest BCUT2D eigenvalue weighted by Crippen LogP contribution is 2.31. The van der Waals surface area contributed by atoms with Gasteiger partial charge < -0.3 is 15.4 Å². The maximum Gasteiger partial charge on any atom is 0.293 e. The Morgan fingerprint density at radius 1 is 1.27 bits per heavy atom. The van der Waals surface area contributed by atoms with E-state index in [1.54, 1.807) is 17.9 Å². The van der Waals surface area contributed by atoms with Gasteiger partial charge in [-0.25, -0.2) is 0 Å². The van der Waals surface area contributed by atoms with Crippen LogP contribution in [0.2, 0.25) is 0 Å². The number of morpholine rings is 1. The van der Waals surface area contributed by atoms with E-state index >= 15 is 0 Å². The summed E-state index contributed by atoms with van der Waals surface area (Å²) >= 11 is 0. The van der Waals surface area contributed by atoms with Crippen molar-refractivity contribution < 1.29 is 14.5 Å². The number of nitro groups is 1. The molecule has 0 aliphatic carbocycles. The molecule has 7 nitrogen and oxygen atoms in total. The molecule has 0 unspecified atom stereocenters. The molecule has 136 valence electrons. The Morgan fingerprint density at radius 2 is 1.96 bits per heavy atom. The number of nitro benzene ring substituents is 1. The van der Waals surface area contributed by atoms with Gasteiger partial charge in [0.2, 0.25) is 0 Å². The van der Waals surface area contributed by atoms with Crippen LogP contribution in [0.5, 0.6) is 0 Å². The maximum absolute atomic E-state index is 13.0. The van der Waals surface area contributed by atoms with E-state index in [2.05, 4.69) is 0 Å². The van der Waals surface area contributed by atoms with E-state index in [0.717, 1.165) is 5.56 Å². The van der Waals surface area contributed by atoms with Crippen molar-refractivity contribution in [1.82, 2.24) is 4.90 Å². The molecule has 0 bridgehead atoms. The summed E-state index contributed by atoms with van der Waals surface area (Å²) in [6, 6.07) is 12.7. The Balaban J connectivity index is 1.91. The molecule has 0 spiro atoms. The molecule has 1 aliphatic rings. The average molecular weight is 355 g/mol. The SMILES string of the molecule is Cc1cc(C(=O)N2C[C@@H](c3ccccc3)O[C@@H](C)C2)c(N)c([N+](=O)[O-])c1. The second-order valence-electron chi connectivity index (χ2n) is 6.56. The lowest BCUT2D eigenvalue weighted by molar-refractivity contribution is -0.384. The van der Waals surface area contributed by atoms with Crippen molar-refractivity contribution in [3.63, 3.8) is 0 Å². The number of benzene rings is 2. The van der Waals surface area contributed by atoms with Gasteiger partial charge in [-0.05, 0) is 31.0 Å². The zero-order valence-corrected chi connectivity index (χ0v) is 14.7. The first-order chi connectivity index (χ1) is 12.4. The number of amides is 1. The Bertz CT molecular complexity index is 838. The Labute approximate surface area is 151 Å². The quantitative estimate of drug-likeness (QED) is 0.518. The summed E-state index contributed by atoms with van der Waals surface area (Å²) in [5, 5.41) is 11.2. The zero-order valence-electron chi connectivity index (χ0n) is 14.7. The fraction of sp³-hybridized carbons (Fsp3) is 0.316. The van der Waals surface area contributed by atoms with Crippen molar-refractivity contribution in [1.29, 1.82) is 0 Å². The number of nitrogen functional groups attached to an aromatic ring is 1. The highest BCUT2D eigenvalue weighted by Gasteiger charge is 2.32. The molecule has 3 rings (SSSR count). The number of ether oxygens (including phenoxy) is 1. The lowest BCUT2D eigenvalue weighted by Gasteiger charge is -2.37. The smallest absolute Gasteiger partial charge is 0.293 e. The molecule has 2 aromatic carbocycles. The number of aryl methyl sites for hydroxylation is 1. The summed E-state index contributed by atoms with van der Waals surface area (Å²) in [6.07, 6.45) is -0.399. The molecule has 1 aliphatic heterocycles. The van der Waals surface area contributed by atoms with E-state index in [9.17, 15) is 14.9 Å². The van der Waals surface area contributed by atoms with E-state index < -0.39 is 4.92 Å². The van der Waals surface area contributed by atoms with Crippen LogP contribution in [0, 0.1) is 17.0 Å². The third kappa shape index (κ3) is 3.52. The molecule has 7 heteroatoms.